The van der Waals surface area contributed by atoms with Gasteiger partial charge in [-0.3, -0.25) is 9.69 Å². The summed E-state index contributed by atoms with van der Waals surface area (Å²) in [6.45, 7) is 0. The van der Waals surface area contributed by atoms with E-state index in [2.05, 4.69) is 9.47 Å². The molecule has 1 aliphatic carbocycles. The van der Waals surface area contributed by atoms with Gasteiger partial charge in [0.2, 0.25) is 10.3 Å². The van der Waals surface area contributed by atoms with Crippen molar-refractivity contribution in [2.24, 2.45) is 5.92 Å². The van der Waals surface area contributed by atoms with Gasteiger partial charge in [-0.1, -0.05) is 12.2 Å². The van der Waals surface area contributed by atoms with Crippen molar-refractivity contribution in [2.75, 3.05) is 21.3 Å². The summed E-state index contributed by atoms with van der Waals surface area (Å²) in [4.78, 5) is 23.8. The molecule has 104 valence electrons. The van der Waals surface area contributed by atoms with E-state index in [9.17, 15) is 18.0 Å². The number of rotatable bonds is 2. The molecular formula is C11H13NO6S. The largest absolute Gasteiger partial charge is 0.468 e. The zero-order chi connectivity index (χ0) is 14.6. The summed E-state index contributed by atoms with van der Waals surface area (Å²) in [5.74, 6) is -1.80. The lowest BCUT2D eigenvalue weighted by molar-refractivity contribution is -0.141. The van der Waals surface area contributed by atoms with Crippen LogP contribution in [0.1, 0.15) is 0 Å². The summed E-state index contributed by atoms with van der Waals surface area (Å²) in [5.41, 5.74) is 0.0677. The fraction of sp³-hybridized carbons (Fsp3) is 0.364. The van der Waals surface area contributed by atoms with Gasteiger partial charge in [0.1, 0.15) is 10.8 Å². The highest BCUT2D eigenvalue weighted by Gasteiger charge is 2.32. The van der Waals surface area contributed by atoms with Crippen LogP contribution in [-0.4, -0.2) is 51.5 Å². The summed E-state index contributed by atoms with van der Waals surface area (Å²) < 4.78 is 31.7. The number of ether oxygens (including phenoxy) is 2. The zero-order valence-electron chi connectivity index (χ0n) is 10.6. The summed E-state index contributed by atoms with van der Waals surface area (Å²) >= 11 is 0. The number of esters is 1. The summed E-state index contributed by atoms with van der Waals surface area (Å²) in [7, 11) is 0.995. The minimum Gasteiger partial charge on any atom is -0.468 e. The van der Waals surface area contributed by atoms with Crippen molar-refractivity contribution in [3.8, 4) is 0 Å². The van der Waals surface area contributed by atoms with E-state index in [4.69, 9.17) is 0 Å². The lowest BCUT2D eigenvalue weighted by Gasteiger charge is -2.23. The van der Waals surface area contributed by atoms with Crippen molar-refractivity contribution in [1.29, 1.82) is 0 Å². The lowest BCUT2D eigenvalue weighted by atomic mass is 9.97. The molecule has 1 amide bonds. The highest BCUT2D eigenvalue weighted by Crippen LogP contribution is 2.19. The molecule has 1 atom stereocenters. The third kappa shape index (κ3) is 3.02. The van der Waals surface area contributed by atoms with Gasteiger partial charge in [0, 0.05) is 7.05 Å². The van der Waals surface area contributed by atoms with Crippen LogP contribution in [0.4, 0.5) is 4.79 Å². The minimum atomic E-state index is -2.68. The maximum atomic E-state index is 11.6. The van der Waals surface area contributed by atoms with Crippen LogP contribution in [0.3, 0.4) is 0 Å². The molecule has 0 saturated heterocycles. The van der Waals surface area contributed by atoms with Crippen molar-refractivity contribution < 1.29 is 27.5 Å². The normalized spacial score (nSPS) is 17.5. The van der Waals surface area contributed by atoms with Crippen LogP contribution in [0.15, 0.2) is 23.9 Å². The monoisotopic (exact) mass is 287 g/mol. The molecular weight excluding hydrogens is 274 g/mol. The van der Waals surface area contributed by atoms with Crippen LogP contribution in [0.5, 0.6) is 0 Å². The number of allylic oxidation sites excluding steroid dienone is 3. The number of carbonyl (C=O) groups is 2. The number of amides is 1. The van der Waals surface area contributed by atoms with E-state index in [1.165, 1.54) is 32.4 Å². The van der Waals surface area contributed by atoms with E-state index in [0.29, 0.717) is 0 Å². The van der Waals surface area contributed by atoms with Crippen molar-refractivity contribution in [3.05, 3.63) is 23.9 Å². The Morgan fingerprint density at radius 1 is 1.26 bits per heavy atom. The standard InChI is InChI=1S/C11H13NO6S/c1-12(11(14)18-3)8-6-4-5-7(10(13)17-2)9(8)19(15)16/h4-7H,1-3H3. The lowest BCUT2D eigenvalue weighted by Crippen LogP contribution is -2.36. The van der Waals surface area contributed by atoms with Crippen LogP contribution in [0, 0.1) is 5.92 Å². The first kappa shape index (κ1) is 15.0. The first-order valence-electron chi connectivity index (χ1n) is 5.18. The Morgan fingerprint density at radius 3 is 2.37 bits per heavy atom. The average Bonchev–Trinajstić information content (AvgIpc) is 2.43. The smallest absolute Gasteiger partial charge is 0.413 e. The molecule has 1 aliphatic rings. The molecule has 0 fully saturated rings. The fourth-order valence-corrected chi connectivity index (χ4v) is 2.36. The second-order valence-electron chi connectivity index (χ2n) is 3.57. The minimum absolute atomic E-state index is 0.0677. The SMILES string of the molecule is COC(=O)C1C=CC=C(N(C)C(=O)OC)C1=S(=O)=O. The van der Waals surface area contributed by atoms with E-state index < -0.39 is 28.3 Å². The number of nitrogens with zero attached hydrogens (tertiary/aromatic N) is 1. The second kappa shape index (κ2) is 6.19. The van der Waals surface area contributed by atoms with Gasteiger partial charge in [-0.15, -0.1) is 0 Å². The van der Waals surface area contributed by atoms with Gasteiger partial charge in [0.25, 0.3) is 0 Å². The Morgan fingerprint density at radius 2 is 1.89 bits per heavy atom. The Bertz CT molecular complexity index is 578. The highest BCUT2D eigenvalue weighted by molar-refractivity contribution is 7.73. The van der Waals surface area contributed by atoms with Crippen LogP contribution >= 0.6 is 0 Å². The maximum Gasteiger partial charge on any atom is 0.413 e. The molecule has 0 aromatic heterocycles. The van der Waals surface area contributed by atoms with Crippen LogP contribution in [0.2, 0.25) is 0 Å². The van der Waals surface area contributed by atoms with Crippen molar-refractivity contribution >= 4 is 27.2 Å². The molecule has 0 spiro atoms. The predicted molar refractivity (Wildman–Crippen MR) is 66.8 cm³/mol. The van der Waals surface area contributed by atoms with Gasteiger partial charge in [-0.2, -0.15) is 8.42 Å². The molecule has 1 unspecified atom stereocenters. The van der Waals surface area contributed by atoms with Crippen molar-refractivity contribution in [2.45, 2.75) is 0 Å². The van der Waals surface area contributed by atoms with E-state index in [-0.39, 0.29) is 10.6 Å². The predicted octanol–water partition coefficient (Wildman–Crippen LogP) is -0.0210. The van der Waals surface area contributed by atoms with Gasteiger partial charge >= 0.3 is 12.1 Å². The molecule has 0 aromatic carbocycles. The van der Waals surface area contributed by atoms with E-state index in [1.807, 2.05) is 0 Å². The molecule has 7 nitrogen and oxygen atoms in total. The molecule has 19 heavy (non-hydrogen) atoms. The van der Waals surface area contributed by atoms with Gasteiger partial charge in [0.05, 0.1) is 19.9 Å². The highest BCUT2D eigenvalue weighted by atomic mass is 32.2. The molecule has 0 aliphatic heterocycles. The van der Waals surface area contributed by atoms with Crippen molar-refractivity contribution in [3.63, 3.8) is 0 Å². The van der Waals surface area contributed by atoms with Crippen molar-refractivity contribution in [1.82, 2.24) is 4.90 Å². The molecule has 0 radical (unpaired) electrons. The van der Waals surface area contributed by atoms with E-state index in [1.54, 1.807) is 0 Å². The topological polar surface area (TPSA) is 90.0 Å². The van der Waals surface area contributed by atoms with Crippen LogP contribution in [-0.2, 0) is 24.6 Å². The number of carbonyl (C=O) groups excluding carboxylic acids is 2. The quantitative estimate of drug-likeness (QED) is 0.523. The molecule has 0 N–H and O–H groups in total. The van der Waals surface area contributed by atoms with Gasteiger partial charge in [0.15, 0.2) is 0 Å². The Balaban J connectivity index is 3.30. The third-order valence-corrected chi connectivity index (χ3v) is 3.36. The molecule has 0 aromatic rings. The first-order valence-corrected chi connectivity index (χ1v) is 6.26. The van der Waals surface area contributed by atoms with Crippen LogP contribution in [0.25, 0.3) is 0 Å². The Kier molecular flexibility index (Phi) is 4.87. The molecule has 8 heteroatoms. The zero-order valence-corrected chi connectivity index (χ0v) is 11.4. The first-order chi connectivity index (χ1) is 8.93. The summed E-state index contributed by atoms with van der Waals surface area (Å²) in [5, 5.41) is 0. The Labute approximate surface area is 111 Å². The third-order valence-electron chi connectivity index (χ3n) is 2.54. The average molecular weight is 287 g/mol. The van der Waals surface area contributed by atoms with Gasteiger partial charge in [-0.05, 0) is 6.08 Å². The number of hydrogen-bond acceptors (Lipinski definition) is 6. The molecule has 0 heterocycles. The fourth-order valence-electron chi connectivity index (χ4n) is 1.60. The number of hydrogen-bond donors (Lipinski definition) is 0. The maximum absolute atomic E-state index is 11.6. The van der Waals surface area contributed by atoms with Gasteiger partial charge in [-0.25, -0.2) is 4.79 Å². The molecule has 0 saturated carbocycles. The molecule has 0 bridgehead atoms. The van der Waals surface area contributed by atoms with E-state index >= 15 is 0 Å². The van der Waals surface area contributed by atoms with Crippen LogP contribution < -0.4 is 0 Å². The summed E-state index contributed by atoms with van der Waals surface area (Å²) in [6.07, 6.45) is 3.52. The van der Waals surface area contributed by atoms with E-state index in [0.717, 1.165) is 12.0 Å². The summed E-state index contributed by atoms with van der Waals surface area (Å²) in [6, 6.07) is 0. The molecule has 1 rings (SSSR count). The Hall–Kier alpha value is -2.09. The second-order valence-corrected chi connectivity index (χ2v) is 4.47. The van der Waals surface area contributed by atoms with Gasteiger partial charge < -0.3 is 9.47 Å². The number of methoxy groups -OCH3 is 2.